The van der Waals surface area contributed by atoms with Crippen molar-refractivity contribution in [2.75, 3.05) is 26.8 Å². The molecule has 1 heterocycles. The standard InChI is InChI=1S/C16H24N2O2/c1-18(11-16(19)6-8-20-9-7-16)15-10-14(17)12-4-2-3-5-13(12)15/h2-5,14-15,19H,6-11,17H2,1H3. The van der Waals surface area contributed by atoms with Crippen LogP contribution in [0, 0.1) is 0 Å². The van der Waals surface area contributed by atoms with Crippen molar-refractivity contribution >= 4 is 0 Å². The number of nitrogens with zero attached hydrogens (tertiary/aromatic N) is 1. The average Bonchev–Trinajstić information content (AvgIpc) is 2.77. The topological polar surface area (TPSA) is 58.7 Å². The molecule has 0 spiro atoms. The van der Waals surface area contributed by atoms with Gasteiger partial charge in [-0.25, -0.2) is 0 Å². The fraction of sp³-hybridized carbons (Fsp3) is 0.625. The van der Waals surface area contributed by atoms with Gasteiger partial charge in [0.1, 0.15) is 0 Å². The molecule has 1 aliphatic heterocycles. The van der Waals surface area contributed by atoms with Gasteiger partial charge in [-0.2, -0.15) is 0 Å². The molecule has 110 valence electrons. The molecular formula is C16H24N2O2. The lowest BCUT2D eigenvalue weighted by molar-refractivity contribution is -0.0817. The van der Waals surface area contributed by atoms with Gasteiger partial charge in [-0.15, -0.1) is 0 Å². The highest BCUT2D eigenvalue weighted by molar-refractivity contribution is 5.37. The zero-order chi connectivity index (χ0) is 14.2. The highest BCUT2D eigenvalue weighted by Crippen LogP contribution is 2.41. The van der Waals surface area contributed by atoms with Gasteiger partial charge in [0, 0.05) is 44.7 Å². The molecule has 0 saturated carbocycles. The highest BCUT2D eigenvalue weighted by Gasteiger charge is 2.36. The Labute approximate surface area is 120 Å². The van der Waals surface area contributed by atoms with Crippen molar-refractivity contribution in [3.8, 4) is 0 Å². The minimum atomic E-state index is -0.616. The average molecular weight is 276 g/mol. The van der Waals surface area contributed by atoms with E-state index in [9.17, 15) is 5.11 Å². The third kappa shape index (κ3) is 2.61. The maximum absolute atomic E-state index is 10.7. The molecule has 20 heavy (non-hydrogen) atoms. The fourth-order valence-electron chi connectivity index (χ4n) is 3.55. The largest absolute Gasteiger partial charge is 0.388 e. The number of benzene rings is 1. The van der Waals surface area contributed by atoms with Crippen molar-refractivity contribution in [2.45, 2.75) is 36.9 Å². The SMILES string of the molecule is CN(CC1(O)CCOCC1)C1CC(N)c2ccccc21. The van der Waals surface area contributed by atoms with Gasteiger partial charge in [-0.1, -0.05) is 24.3 Å². The molecule has 3 rings (SSSR count). The van der Waals surface area contributed by atoms with Crippen LogP contribution in [0.2, 0.25) is 0 Å². The van der Waals surface area contributed by atoms with Gasteiger partial charge < -0.3 is 15.6 Å². The summed E-state index contributed by atoms with van der Waals surface area (Å²) in [4.78, 5) is 2.26. The van der Waals surface area contributed by atoms with Gasteiger partial charge in [-0.3, -0.25) is 4.90 Å². The van der Waals surface area contributed by atoms with E-state index in [0.717, 1.165) is 19.3 Å². The molecule has 2 unspecified atom stereocenters. The zero-order valence-electron chi connectivity index (χ0n) is 12.1. The molecule has 2 atom stereocenters. The molecule has 1 saturated heterocycles. The third-order valence-corrected chi connectivity index (χ3v) is 4.73. The Morgan fingerprint density at radius 3 is 2.65 bits per heavy atom. The summed E-state index contributed by atoms with van der Waals surface area (Å²) >= 11 is 0. The second kappa shape index (κ2) is 5.45. The van der Waals surface area contributed by atoms with Crippen LogP contribution < -0.4 is 5.73 Å². The van der Waals surface area contributed by atoms with Crippen LogP contribution in [0.25, 0.3) is 0 Å². The summed E-state index contributed by atoms with van der Waals surface area (Å²) < 4.78 is 5.35. The summed E-state index contributed by atoms with van der Waals surface area (Å²) in [5.41, 5.74) is 8.19. The normalized spacial score (nSPS) is 28.6. The first-order chi connectivity index (χ1) is 9.59. The molecule has 0 amide bonds. The van der Waals surface area contributed by atoms with E-state index in [1.54, 1.807) is 0 Å². The zero-order valence-corrected chi connectivity index (χ0v) is 12.1. The Kier molecular flexibility index (Phi) is 3.82. The summed E-state index contributed by atoms with van der Waals surface area (Å²) in [5.74, 6) is 0. The smallest absolute Gasteiger partial charge is 0.0818 e. The predicted octanol–water partition coefficient (Wildman–Crippen LogP) is 1.60. The van der Waals surface area contributed by atoms with Crippen molar-refractivity contribution in [3.05, 3.63) is 35.4 Å². The van der Waals surface area contributed by atoms with Crippen LogP contribution in [0.4, 0.5) is 0 Å². The van der Waals surface area contributed by atoms with Crippen LogP contribution in [0.3, 0.4) is 0 Å². The first kappa shape index (κ1) is 14.0. The molecule has 1 aromatic carbocycles. The van der Waals surface area contributed by atoms with E-state index in [1.807, 2.05) is 6.07 Å². The van der Waals surface area contributed by atoms with Crippen molar-refractivity contribution in [2.24, 2.45) is 5.73 Å². The summed E-state index contributed by atoms with van der Waals surface area (Å²) in [6, 6.07) is 8.83. The van der Waals surface area contributed by atoms with E-state index in [2.05, 4.69) is 30.1 Å². The lowest BCUT2D eigenvalue weighted by atomic mass is 9.93. The second-order valence-corrected chi connectivity index (χ2v) is 6.24. The maximum Gasteiger partial charge on any atom is 0.0818 e. The molecular weight excluding hydrogens is 252 g/mol. The van der Waals surface area contributed by atoms with Crippen LogP contribution in [-0.2, 0) is 4.74 Å². The molecule has 4 heteroatoms. The number of fused-ring (bicyclic) bond motifs is 1. The third-order valence-electron chi connectivity index (χ3n) is 4.73. The number of hydrogen-bond acceptors (Lipinski definition) is 4. The predicted molar refractivity (Wildman–Crippen MR) is 78.4 cm³/mol. The van der Waals surface area contributed by atoms with E-state index in [4.69, 9.17) is 10.5 Å². The number of aliphatic hydroxyl groups is 1. The highest BCUT2D eigenvalue weighted by atomic mass is 16.5. The van der Waals surface area contributed by atoms with Crippen molar-refractivity contribution < 1.29 is 9.84 Å². The van der Waals surface area contributed by atoms with Crippen LogP contribution in [0.5, 0.6) is 0 Å². The fourth-order valence-corrected chi connectivity index (χ4v) is 3.55. The molecule has 0 bridgehead atoms. The Balaban J connectivity index is 1.73. The number of hydrogen-bond donors (Lipinski definition) is 2. The van der Waals surface area contributed by atoms with Gasteiger partial charge >= 0.3 is 0 Å². The Bertz CT molecular complexity index is 471. The molecule has 1 aliphatic carbocycles. The van der Waals surface area contributed by atoms with E-state index in [0.29, 0.717) is 25.8 Å². The number of nitrogens with two attached hydrogens (primary N) is 1. The molecule has 4 nitrogen and oxygen atoms in total. The lowest BCUT2D eigenvalue weighted by Gasteiger charge is -2.37. The summed E-state index contributed by atoms with van der Waals surface area (Å²) in [6.45, 7) is 2.00. The quantitative estimate of drug-likeness (QED) is 0.880. The van der Waals surface area contributed by atoms with Crippen molar-refractivity contribution in [3.63, 3.8) is 0 Å². The first-order valence-electron chi connectivity index (χ1n) is 7.44. The van der Waals surface area contributed by atoms with Crippen LogP contribution in [-0.4, -0.2) is 42.4 Å². The van der Waals surface area contributed by atoms with Gasteiger partial charge in [0.2, 0.25) is 0 Å². The summed E-state index contributed by atoms with van der Waals surface area (Å²) in [5, 5.41) is 10.7. The molecule has 2 aliphatic rings. The molecule has 1 aromatic rings. The van der Waals surface area contributed by atoms with Gasteiger partial charge in [-0.05, 0) is 24.6 Å². The Morgan fingerprint density at radius 2 is 1.95 bits per heavy atom. The number of ether oxygens (including phenoxy) is 1. The second-order valence-electron chi connectivity index (χ2n) is 6.24. The van der Waals surface area contributed by atoms with E-state index < -0.39 is 5.60 Å². The summed E-state index contributed by atoms with van der Waals surface area (Å²) in [6.07, 6.45) is 2.37. The van der Waals surface area contributed by atoms with Crippen LogP contribution >= 0.6 is 0 Å². The molecule has 0 radical (unpaired) electrons. The minimum absolute atomic E-state index is 0.114. The van der Waals surface area contributed by atoms with E-state index >= 15 is 0 Å². The number of likely N-dealkylation sites (N-methyl/N-ethyl adjacent to an activating group) is 1. The monoisotopic (exact) mass is 276 g/mol. The van der Waals surface area contributed by atoms with Crippen molar-refractivity contribution in [1.82, 2.24) is 4.90 Å². The first-order valence-corrected chi connectivity index (χ1v) is 7.44. The van der Waals surface area contributed by atoms with Gasteiger partial charge in [0.15, 0.2) is 0 Å². The van der Waals surface area contributed by atoms with Crippen LogP contribution in [0.1, 0.15) is 42.5 Å². The molecule has 1 fully saturated rings. The minimum Gasteiger partial charge on any atom is -0.388 e. The Hall–Kier alpha value is -0.940. The van der Waals surface area contributed by atoms with Gasteiger partial charge in [0.25, 0.3) is 0 Å². The van der Waals surface area contributed by atoms with E-state index in [-0.39, 0.29) is 6.04 Å². The molecule has 0 aromatic heterocycles. The van der Waals surface area contributed by atoms with E-state index in [1.165, 1.54) is 11.1 Å². The maximum atomic E-state index is 10.7. The van der Waals surface area contributed by atoms with Crippen LogP contribution in [0.15, 0.2) is 24.3 Å². The Morgan fingerprint density at radius 1 is 1.30 bits per heavy atom. The lowest BCUT2D eigenvalue weighted by Crippen LogP contribution is -2.46. The molecule has 3 N–H and O–H groups in total. The van der Waals surface area contributed by atoms with Crippen molar-refractivity contribution in [1.29, 1.82) is 0 Å². The van der Waals surface area contributed by atoms with Gasteiger partial charge in [0.05, 0.1) is 5.60 Å². The summed E-state index contributed by atoms with van der Waals surface area (Å²) in [7, 11) is 2.09. The number of rotatable bonds is 3.